The molecule has 0 aliphatic heterocycles. The largest absolute Gasteiger partial charge is 0.392 e. The van der Waals surface area contributed by atoms with Gasteiger partial charge in [0.25, 0.3) is 0 Å². The van der Waals surface area contributed by atoms with E-state index in [9.17, 15) is 15.3 Å². The van der Waals surface area contributed by atoms with Gasteiger partial charge >= 0.3 is 0 Å². The number of rotatable bonds is 4. The Balaban J connectivity index is 4.89. The Morgan fingerprint density at radius 2 is 1.25 bits per heavy atom. The summed E-state index contributed by atoms with van der Waals surface area (Å²) in [5.74, 6) is 0. The second kappa shape index (κ2) is 4.03. The highest BCUT2D eigenvalue weighted by molar-refractivity contribution is 5.05. The molecule has 12 heavy (non-hydrogen) atoms. The Labute approximate surface area is 73.4 Å². The second-order valence-electron chi connectivity index (χ2n) is 3.23. The average Bonchev–Trinajstić information content (AvgIpc) is 1.86. The molecule has 3 unspecified atom stereocenters. The van der Waals surface area contributed by atoms with Crippen molar-refractivity contribution in [2.45, 2.75) is 39.1 Å². The normalized spacial score (nSPS) is 23.8. The Morgan fingerprint density at radius 1 is 1.00 bits per heavy atom. The Hall–Kier alpha value is -0.380. The Bertz CT molecular complexity index is 128. The van der Waals surface area contributed by atoms with Crippen molar-refractivity contribution < 1.29 is 15.3 Å². The minimum absolute atomic E-state index is 0.824. The molecule has 72 valence electrons. The van der Waals surface area contributed by atoms with Crippen LogP contribution in [-0.4, -0.2) is 33.6 Å². The summed E-state index contributed by atoms with van der Waals surface area (Å²) >= 11 is 0. The lowest BCUT2D eigenvalue weighted by molar-refractivity contribution is -0.0889. The Kier molecular flexibility index (Phi) is 3.90. The van der Waals surface area contributed by atoms with Gasteiger partial charge in [0.15, 0.2) is 0 Å². The molecule has 0 spiro atoms. The summed E-state index contributed by atoms with van der Waals surface area (Å²) < 4.78 is 0. The summed E-state index contributed by atoms with van der Waals surface area (Å²) in [5.41, 5.74) is -1.03. The van der Waals surface area contributed by atoms with E-state index in [0.717, 1.165) is 0 Å². The van der Waals surface area contributed by atoms with Gasteiger partial charge in [-0.1, -0.05) is 6.08 Å². The van der Waals surface area contributed by atoms with E-state index in [2.05, 4.69) is 6.58 Å². The van der Waals surface area contributed by atoms with Crippen molar-refractivity contribution in [2.75, 3.05) is 0 Å². The third kappa shape index (κ3) is 1.68. The van der Waals surface area contributed by atoms with Gasteiger partial charge in [-0.2, -0.15) is 0 Å². The summed E-state index contributed by atoms with van der Waals surface area (Å²) in [4.78, 5) is 0. The van der Waals surface area contributed by atoms with Gasteiger partial charge in [0, 0.05) is 0 Å². The molecule has 3 atom stereocenters. The molecule has 0 aliphatic rings. The van der Waals surface area contributed by atoms with Gasteiger partial charge in [-0.15, -0.1) is 6.58 Å². The van der Waals surface area contributed by atoms with E-state index in [4.69, 9.17) is 0 Å². The van der Waals surface area contributed by atoms with E-state index in [-0.39, 0.29) is 0 Å². The molecule has 0 amide bonds. The van der Waals surface area contributed by atoms with Gasteiger partial charge in [-0.05, 0) is 20.8 Å². The van der Waals surface area contributed by atoms with Gasteiger partial charge in [0.05, 0.1) is 23.7 Å². The molecule has 0 rings (SSSR count). The molecule has 0 radical (unpaired) electrons. The summed E-state index contributed by atoms with van der Waals surface area (Å²) in [6.45, 7) is 8.10. The van der Waals surface area contributed by atoms with Gasteiger partial charge in [0.2, 0.25) is 0 Å². The van der Waals surface area contributed by atoms with E-state index >= 15 is 0 Å². The molecule has 0 aromatic carbocycles. The molecule has 0 bridgehead atoms. The predicted molar refractivity (Wildman–Crippen MR) is 47.7 cm³/mol. The van der Waals surface area contributed by atoms with E-state index in [0.29, 0.717) is 0 Å². The third-order valence-corrected chi connectivity index (χ3v) is 2.52. The monoisotopic (exact) mass is 174 g/mol. The molecule has 3 heteroatoms. The highest BCUT2D eigenvalue weighted by Crippen LogP contribution is 2.32. The van der Waals surface area contributed by atoms with Crippen LogP contribution in [0.3, 0.4) is 0 Å². The highest BCUT2D eigenvalue weighted by Gasteiger charge is 2.41. The first-order valence-electron chi connectivity index (χ1n) is 4.07. The summed E-state index contributed by atoms with van der Waals surface area (Å²) in [6, 6.07) is 0. The zero-order chi connectivity index (χ0) is 9.94. The maximum absolute atomic E-state index is 9.41. The maximum Gasteiger partial charge on any atom is 0.0652 e. The van der Waals surface area contributed by atoms with Crippen LogP contribution in [-0.2, 0) is 0 Å². The molecule has 0 aliphatic carbocycles. The van der Waals surface area contributed by atoms with Gasteiger partial charge < -0.3 is 15.3 Å². The zero-order valence-corrected chi connectivity index (χ0v) is 7.86. The minimum Gasteiger partial charge on any atom is -0.392 e. The fraction of sp³-hybridized carbons (Fsp3) is 0.778. The van der Waals surface area contributed by atoms with Gasteiger partial charge in [0.1, 0.15) is 0 Å². The lowest BCUT2D eigenvalue weighted by Crippen LogP contribution is -2.48. The standard InChI is InChI=1S/C9H18O3/c1-5-9(6(2)10,7(3)11)8(4)12/h5-8,10-12H,1H2,2-4H3. The van der Waals surface area contributed by atoms with Crippen molar-refractivity contribution in [2.24, 2.45) is 5.41 Å². The molecular formula is C9H18O3. The second-order valence-corrected chi connectivity index (χ2v) is 3.23. The van der Waals surface area contributed by atoms with Crippen LogP contribution in [0.15, 0.2) is 12.7 Å². The molecular weight excluding hydrogens is 156 g/mol. The first-order chi connectivity index (χ1) is 5.39. The van der Waals surface area contributed by atoms with E-state index in [1.54, 1.807) is 0 Å². The van der Waals surface area contributed by atoms with Crippen LogP contribution in [0.4, 0.5) is 0 Å². The zero-order valence-electron chi connectivity index (χ0n) is 7.86. The Morgan fingerprint density at radius 3 is 1.25 bits per heavy atom. The van der Waals surface area contributed by atoms with Crippen molar-refractivity contribution >= 4 is 0 Å². The molecule has 3 nitrogen and oxygen atoms in total. The van der Waals surface area contributed by atoms with Crippen molar-refractivity contribution in [3.05, 3.63) is 12.7 Å². The lowest BCUT2D eigenvalue weighted by Gasteiger charge is -2.38. The fourth-order valence-corrected chi connectivity index (χ4v) is 1.56. The van der Waals surface area contributed by atoms with Crippen LogP contribution in [0, 0.1) is 5.41 Å². The summed E-state index contributed by atoms with van der Waals surface area (Å²) in [6.07, 6.45) is -1.06. The van der Waals surface area contributed by atoms with E-state index < -0.39 is 23.7 Å². The van der Waals surface area contributed by atoms with Gasteiger partial charge in [-0.25, -0.2) is 0 Å². The molecule has 0 saturated carbocycles. The highest BCUT2D eigenvalue weighted by atomic mass is 16.3. The first kappa shape index (κ1) is 11.6. The lowest BCUT2D eigenvalue weighted by atomic mass is 9.74. The van der Waals surface area contributed by atoms with Crippen LogP contribution in [0.1, 0.15) is 20.8 Å². The predicted octanol–water partition coefficient (Wildman–Crippen LogP) is 0.301. The SMILES string of the molecule is C=CC(C(C)O)(C(C)O)C(C)O. The number of aliphatic hydroxyl groups is 3. The minimum atomic E-state index is -1.03. The van der Waals surface area contributed by atoms with E-state index in [1.165, 1.54) is 26.8 Å². The van der Waals surface area contributed by atoms with Crippen LogP contribution in [0.2, 0.25) is 0 Å². The van der Waals surface area contributed by atoms with Gasteiger partial charge in [-0.3, -0.25) is 0 Å². The van der Waals surface area contributed by atoms with Crippen molar-refractivity contribution in [1.82, 2.24) is 0 Å². The third-order valence-electron chi connectivity index (χ3n) is 2.52. The molecule has 0 heterocycles. The van der Waals surface area contributed by atoms with Crippen molar-refractivity contribution in [1.29, 1.82) is 0 Å². The average molecular weight is 174 g/mol. The topological polar surface area (TPSA) is 60.7 Å². The summed E-state index contributed by atoms with van der Waals surface area (Å²) in [7, 11) is 0. The molecule has 3 N–H and O–H groups in total. The van der Waals surface area contributed by atoms with E-state index in [1.807, 2.05) is 0 Å². The quantitative estimate of drug-likeness (QED) is 0.537. The van der Waals surface area contributed by atoms with Crippen LogP contribution < -0.4 is 0 Å². The fourth-order valence-electron chi connectivity index (χ4n) is 1.56. The van der Waals surface area contributed by atoms with Crippen molar-refractivity contribution in [3.63, 3.8) is 0 Å². The molecule has 0 aromatic rings. The first-order valence-corrected chi connectivity index (χ1v) is 4.07. The number of aliphatic hydroxyl groups excluding tert-OH is 3. The molecule has 0 aromatic heterocycles. The maximum atomic E-state index is 9.41. The molecule has 0 saturated heterocycles. The van der Waals surface area contributed by atoms with Crippen molar-refractivity contribution in [3.8, 4) is 0 Å². The number of hydrogen-bond donors (Lipinski definition) is 3. The van der Waals surface area contributed by atoms with Crippen LogP contribution in [0.25, 0.3) is 0 Å². The van der Waals surface area contributed by atoms with Crippen LogP contribution >= 0.6 is 0 Å². The number of hydrogen-bond acceptors (Lipinski definition) is 3. The molecule has 0 fully saturated rings. The smallest absolute Gasteiger partial charge is 0.0652 e. The summed E-state index contributed by atoms with van der Waals surface area (Å²) in [5, 5.41) is 28.2. The van der Waals surface area contributed by atoms with Crippen LogP contribution in [0.5, 0.6) is 0 Å².